The summed E-state index contributed by atoms with van der Waals surface area (Å²) in [6.45, 7) is 2.64. The van der Waals surface area contributed by atoms with Crippen molar-refractivity contribution >= 4 is 21.7 Å². The first-order valence-corrected chi connectivity index (χ1v) is 7.22. The van der Waals surface area contributed by atoms with Gasteiger partial charge in [-0.2, -0.15) is 0 Å². The SMILES string of the molecule is BrCCCNc1cc(C2CCOCC2)ncn1. The van der Waals surface area contributed by atoms with Gasteiger partial charge in [-0.3, -0.25) is 0 Å². The van der Waals surface area contributed by atoms with Crippen LogP contribution in [-0.2, 0) is 4.74 Å². The summed E-state index contributed by atoms with van der Waals surface area (Å²) in [6, 6.07) is 2.07. The molecule has 0 atom stereocenters. The molecule has 0 unspecified atom stereocenters. The number of ether oxygens (including phenoxy) is 1. The van der Waals surface area contributed by atoms with Crippen LogP contribution >= 0.6 is 15.9 Å². The Balaban J connectivity index is 1.95. The van der Waals surface area contributed by atoms with E-state index in [0.717, 1.165) is 55.9 Å². The highest BCUT2D eigenvalue weighted by Crippen LogP contribution is 2.25. The Bertz CT molecular complexity index is 342. The van der Waals surface area contributed by atoms with Gasteiger partial charge in [0.25, 0.3) is 0 Å². The Kier molecular flexibility index (Phi) is 5.19. The zero-order valence-corrected chi connectivity index (χ0v) is 11.4. The number of aromatic nitrogens is 2. The van der Waals surface area contributed by atoms with E-state index in [1.54, 1.807) is 6.33 Å². The van der Waals surface area contributed by atoms with E-state index in [0.29, 0.717) is 5.92 Å². The number of alkyl halides is 1. The van der Waals surface area contributed by atoms with Crippen molar-refractivity contribution in [3.05, 3.63) is 18.1 Å². The molecular formula is C12H18BrN3O. The molecule has 94 valence electrons. The molecule has 1 aromatic heterocycles. The Labute approximate surface area is 110 Å². The van der Waals surface area contributed by atoms with Crippen molar-refractivity contribution < 1.29 is 4.74 Å². The van der Waals surface area contributed by atoms with Crippen LogP contribution in [0.1, 0.15) is 30.9 Å². The summed E-state index contributed by atoms with van der Waals surface area (Å²) in [5, 5.41) is 4.32. The van der Waals surface area contributed by atoms with Gasteiger partial charge in [-0.15, -0.1) is 0 Å². The fourth-order valence-corrected chi connectivity index (χ4v) is 2.25. The van der Waals surface area contributed by atoms with Crippen molar-refractivity contribution in [3.63, 3.8) is 0 Å². The minimum atomic E-state index is 0.531. The van der Waals surface area contributed by atoms with E-state index < -0.39 is 0 Å². The van der Waals surface area contributed by atoms with E-state index in [1.807, 2.05) is 0 Å². The summed E-state index contributed by atoms with van der Waals surface area (Å²) in [7, 11) is 0. The van der Waals surface area contributed by atoms with E-state index in [2.05, 4.69) is 37.3 Å². The lowest BCUT2D eigenvalue weighted by molar-refractivity contribution is 0.0845. The number of nitrogens with zero attached hydrogens (tertiary/aromatic N) is 2. The first kappa shape index (κ1) is 12.8. The highest BCUT2D eigenvalue weighted by atomic mass is 79.9. The molecule has 1 aromatic rings. The molecule has 0 radical (unpaired) electrons. The first-order valence-electron chi connectivity index (χ1n) is 6.09. The summed E-state index contributed by atoms with van der Waals surface area (Å²) in [5.41, 5.74) is 1.14. The molecule has 0 aromatic carbocycles. The molecular weight excluding hydrogens is 282 g/mol. The number of hydrogen-bond donors (Lipinski definition) is 1. The predicted molar refractivity (Wildman–Crippen MR) is 71.7 cm³/mol. The van der Waals surface area contributed by atoms with Crippen LogP contribution < -0.4 is 5.32 Å². The largest absolute Gasteiger partial charge is 0.381 e. The van der Waals surface area contributed by atoms with E-state index in [9.17, 15) is 0 Å². The van der Waals surface area contributed by atoms with Gasteiger partial charge in [0.1, 0.15) is 12.1 Å². The van der Waals surface area contributed by atoms with Gasteiger partial charge in [-0.1, -0.05) is 15.9 Å². The standard InChI is InChI=1S/C12H18BrN3O/c13-4-1-5-14-12-8-11(15-9-16-12)10-2-6-17-7-3-10/h8-10H,1-7H2,(H,14,15,16). The number of nitrogens with one attached hydrogen (secondary N) is 1. The topological polar surface area (TPSA) is 47.0 Å². The quantitative estimate of drug-likeness (QED) is 0.670. The van der Waals surface area contributed by atoms with E-state index in [-0.39, 0.29) is 0 Å². The van der Waals surface area contributed by atoms with Crippen LogP contribution in [-0.4, -0.2) is 35.1 Å². The van der Waals surface area contributed by atoms with Crippen LogP contribution in [0.4, 0.5) is 5.82 Å². The normalized spacial score (nSPS) is 17.0. The summed E-state index contributed by atoms with van der Waals surface area (Å²) in [6.07, 6.45) is 4.88. The Morgan fingerprint density at radius 1 is 1.35 bits per heavy atom. The number of anilines is 1. The van der Waals surface area contributed by atoms with Crippen LogP contribution in [0.3, 0.4) is 0 Å². The Morgan fingerprint density at radius 2 is 2.18 bits per heavy atom. The van der Waals surface area contributed by atoms with Gasteiger partial charge in [-0.05, 0) is 19.3 Å². The molecule has 1 N–H and O–H groups in total. The average molecular weight is 300 g/mol. The molecule has 1 aliphatic heterocycles. The van der Waals surface area contributed by atoms with Crippen LogP contribution in [0.5, 0.6) is 0 Å². The van der Waals surface area contributed by atoms with Crippen molar-refractivity contribution in [3.8, 4) is 0 Å². The van der Waals surface area contributed by atoms with Crippen molar-refractivity contribution in [2.45, 2.75) is 25.2 Å². The third-order valence-electron chi connectivity index (χ3n) is 2.94. The molecule has 4 nitrogen and oxygen atoms in total. The minimum absolute atomic E-state index is 0.531. The van der Waals surface area contributed by atoms with Crippen molar-refractivity contribution in [2.24, 2.45) is 0 Å². The van der Waals surface area contributed by atoms with E-state index >= 15 is 0 Å². The van der Waals surface area contributed by atoms with Crippen LogP contribution in [0.15, 0.2) is 12.4 Å². The second-order valence-electron chi connectivity index (χ2n) is 4.18. The first-order chi connectivity index (χ1) is 8.40. The maximum Gasteiger partial charge on any atom is 0.129 e. The molecule has 2 rings (SSSR count). The summed E-state index contributed by atoms with van der Waals surface area (Å²) in [5.74, 6) is 1.46. The highest BCUT2D eigenvalue weighted by molar-refractivity contribution is 9.09. The Hall–Kier alpha value is -0.680. The average Bonchev–Trinajstić information content (AvgIpc) is 2.41. The monoisotopic (exact) mass is 299 g/mol. The third-order valence-corrected chi connectivity index (χ3v) is 3.51. The molecule has 0 bridgehead atoms. The van der Waals surface area contributed by atoms with Crippen LogP contribution in [0.25, 0.3) is 0 Å². The second kappa shape index (κ2) is 6.91. The van der Waals surface area contributed by atoms with Crippen molar-refractivity contribution in [2.75, 3.05) is 30.4 Å². The lowest BCUT2D eigenvalue weighted by Crippen LogP contribution is -2.15. The molecule has 1 saturated heterocycles. The lowest BCUT2D eigenvalue weighted by Gasteiger charge is -2.21. The van der Waals surface area contributed by atoms with Crippen molar-refractivity contribution in [1.29, 1.82) is 0 Å². The number of halogens is 1. The lowest BCUT2D eigenvalue weighted by atomic mass is 9.96. The smallest absolute Gasteiger partial charge is 0.129 e. The molecule has 2 heterocycles. The molecule has 17 heavy (non-hydrogen) atoms. The molecule has 0 spiro atoms. The summed E-state index contributed by atoms with van der Waals surface area (Å²) in [4.78, 5) is 8.61. The summed E-state index contributed by atoms with van der Waals surface area (Å²) >= 11 is 3.41. The number of hydrogen-bond acceptors (Lipinski definition) is 4. The third kappa shape index (κ3) is 3.92. The van der Waals surface area contributed by atoms with E-state index in [1.165, 1.54) is 0 Å². The van der Waals surface area contributed by atoms with Gasteiger partial charge in [0.2, 0.25) is 0 Å². The summed E-state index contributed by atoms with van der Waals surface area (Å²) < 4.78 is 5.37. The fraction of sp³-hybridized carbons (Fsp3) is 0.667. The second-order valence-corrected chi connectivity index (χ2v) is 4.98. The van der Waals surface area contributed by atoms with Crippen LogP contribution in [0.2, 0.25) is 0 Å². The molecule has 0 saturated carbocycles. The molecule has 0 amide bonds. The molecule has 1 fully saturated rings. The molecule has 1 aliphatic rings. The van der Waals surface area contributed by atoms with Gasteiger partial charge in [-0.25, -0.2) is 9.97 Å². The van der Waals surface area contributed by atoms with Gasteiger partial charge in [0.15, 0.2) is 0 Å². The van der Waals surface area contributed by atoms with Gasteiger partial charge < -0.3 is 10.1 Å². The Morgan fingerprint density at radius 3 is 2.94 bits per heavy atom. The predicted octanol–water partition coefficient (Wildman–Crippen LogP) is 2.57. The maximum absolute atomic E-state index is 5.37. The fourth-order valence-electron chi connectivity index (χ4n) is 1.97. The maximum atomic E-state index is 5.37. The zero-order valence-electron chi connectivity index (χ0n) is 9.86. The van der Waals surface area contributed by atoms with Crippen LogP contribution in [0, 0.1) is 0 Å². The van der Waals surface area contributed by atoms with Gasteiger partial charge >= 0.3 is 0 Å². The number of rotatable bonds is 5. The highest BCUT2D eigenvalue weighted by Gasteiger charge is 2.17. The van der Waals surface area contributed by atoms with Gasteiger partial charge in [0, 0.05) is 42.8 Å². The molecule has 0 aliphatic carbocycles. The van der Waals surface area contributed by atoms with E-state index in [4.69, 9.17) is 4.74 Å². The van der Waals surface area contributed by atoms with Crippen molar-refractivity contribution in [1.82, 2.24) is 9.97 Å². The molecule has 5 heteroatoms. The zero-order chi connectivity index (χ0) is 11.9. The van der Waals surface area contributed by atoms with Gasteiger partial charge in [0.05, 0.1) is 0 Å². The minimum Gasteiger partial charge on any atom is -0.381 e.